The van der Waals surface area contributed by atoms with E-state index in [2.05, 4.69) is 19.7 Å². The van der Waals surface area contributed by atoms with Crippen LogP contribution >= 0.6 is 0 Å². The molecule has 1 aromatic heterocycles. The maximum atomic E-state index is 12.3. The van der Waals surface area contributed by atoms with Gasteiger partial charge in [0.1, 0.15) is 0 Å². The van der Waals surface area contributed by atoms with E-state index in [9.17, 15) is 13.2 Å². The molecule has 0 spiro atoms. The third-order valence-electron chi connectivity index (χ3n) is 3.75. The smallest absolute Gasteiger partial charge is 0.310 e. The Labute approximate surface area is 118 Å². The van der Waals surface area contributed by atoms with Crippen LogP contribution in [0.15, 0.2) is 6.20 Å². The van der Waals surface area contributed by atoms with E-state index in [4.69, 9.17) is 0 Å². The van der Waals surface area contributed by atoms with Crippen molar-refractivity contribution in [1.29, 1.82) is 0 Å². The van der Waals surface area contributed by atoms with Gasteiger partial charge in [-0.05, 0) is 19.8 Å². The van der Waals surface area contributed by atoms with Crippen LogP contribution in [0, 0.1) is 12.8 Å². The second-order valence-electron chi connectivity index (χ2n) is 4.99. The summed E-state index contributed by atoms with van der Waals surface area (Å²) in [7, 11) is -2.27. The predicted octanol–water partition coefficient (Wildman–Crippen LogP) is 0.479. The average Bonchev–Trinajstić information content (AvgIpc) is 3.04. The molecule has 20 heavy (non-hydrogen) atoms. The Balaban J connectivity index is 2.06. The lowest BCUT2D eigenvalue weighted by molar-refractivity contribution is -0.145. The average molecular weight is 301 g/mol. The number of aryl methyl sites for hydroxylation is 1. The first-order chi connectivity index (χ1) is 9.45. The van der Waals surface area contributed by atoms with E-state index >= 15 is 0 Å². The summed E-state index contributed by atoms with van der Waals surface area (Å²) in [6.07, 6.45) is 3.35. The van der Waals surface area contributed by atoms with Gasteiger partial charge in [0.15, 0.2) is 0 Å². The number of aromatic amines is 1. The Kier molecular flexibility index (Phi) is 4.44. The molecule has 1 heterocycles. The zero-order valence-electron chi connectivity index (χ0n) is 11.5. The zero-order valence-corrected chi connectivity index (χ0v) is 12.4. The minimum Gasteiger partial charge on any atom is -0.469 e. The number of sulfonamides is 1. The van der Waals surface area contributed by atoms with Crippen molar-refractivity contribution in [2.24, 2.45) is 5.92 Å². The molecule has 2 atom stereocenters. The fraction of sp³-hybridized carbons (Fsp3) is 0.667. The van der Waals surface area contributed by atoms with Gasteiger partial charge >= 0.3 is 5.97 Å². The van der Waals surface area contributed by atoms with Crippen LogP contribution in [-0.4, -0.2) is 36.9 Å². The highest BCUT2D eigenvalue weighted by Gasteiger charge is 2.42. The molecule has 0 bridgehead atoms. The molecule has 1 aliphatic rings. The van der Waals surface area contributed by atoms with Gasteiger partial charge in [0.05, 0.1) is 24.5 Å². The zero-order chi connectivity index (χ0) is 14.8. The molecule has 112 valence electrons. The topological polar surface area (TPSA) is 101 Å². The number of hydrogen-bond donors (Lipinski definition) is 2. The number of nitrogens with zero attached hydrogens (tertiary/aromatic N) is 1. The summed E-state index contributed by atoms with van der Waals surface area (Å²) in [6, 6.07) is 0. The van der Waals surface area contributed by atoms with Crippen LogP contribution in [0.4, 0.5) is 0 Å². The van der Waals surface area contributed by atoms with Gasteiger partial charge in [-0.3, -0.25) is 9.89 Å². The van der Waals surface area contributed by atoms with E-state index in [-0.39, 0.29) is 6.54 Å². The number of H-pyrrole nitrogens is 1. The van der Waals surface area contributed by atoms with Crippen molar-refractivity contribution < 1.29 is 17.9 Å². The minimum absolute atomic E-state index is 0.176. The summed E-state index contributed by atoms with van der Waals surface area (Å²) in [5.74, 6) is -1.01. The highest BCUT2D eigenvalue weighted by molar-refractivity contribution is 7.90. The molecule has 8 heteroatoms. The molecule has 1 saturated carbocycles. The number of methoxy groups -OCH3 is 1. The van der Waals surface area contributed by atoms with Crippen molar-refractivity contribution in [2.45, 2.75) is 38.0 Å². The van der Waals surface area contributed by atoms with Gasteiger partial charge in [0.25, 0.3) is 0 Å². The summed E-state index contributed by atoms with van der Waals surface area (Å²) in [4.78, 5) is 11.6. The lowest BCUT2D eigenvalue weighted by atomic mass is 10.1. The molecule has 0 saturated heterocycles. The fourth-order valence-electron chi connectivity index (χ4n) is 2.56. The summed E-state index contributed by atoms with van der Waals surface area (Å²) < 4.78 is 31.9. The van der Waals surface area contributed by atoms with E-state index < -0.39 is 27.2 Å². The lowest BCUT2D eigenvalue weighted by Crippen LogP contribution is -2.39. The largest absolute Gasteiger partial charge is 0.469 e. The van der Waals surface area contributed by atoms with E-state index in [1.54, 1.807) is 6.20 Å². The van der Waals surface area contributed by atoms with Crippen molar-refractivity contribution in [3.63, 3.8) is 0 Å². The molecule has 1 aliphatic carbocycles. The Morgan fingerprint density at radius 2 is 2.30 bits per heavy atom. The number of carbonyl (C=O) groups is 1. The third kappa shape index (κ3) is 3.01. The molecule has 0 amide bonds. The van der Waals surface area contributed by atoms with E-state index in [0.717, 1.165) is 17.7 Å². The van der Waals surface area contributed by atoms with Crippen molar-refractivity contribution in [3.05, 3.63) is 17.5 Å². The van der Waals surface area contributed by atoms with Gasteiger partial charge in [-0.2, -0.15) is 5.10 Å². The number of carbonyl (C=O) groups excluding carboxylic acids is 1. The number of nitrogens with one attached hydrogen (secondary N) is 2. The monoisotopic (exact) mass is 301 g/mol. The van der Waals surface area contributed by atoms with Crippen molar-refractivity contribution in [1.82, 2.24) is 14.9 Å². The van der Waals surface area contributed by atoms with E-state index in [0.29, 0.717) is 12.8 Å². The van der Waals surface area contributed by atoms with Gasteiger partial charge in [0.2, 0.25) is 10.0 Å². The van der Waals surface area contributed by atoms with Crippen molar-refractivity contribution in [2.75, 3.05) is 7.11 Å². The molecule has 2 rings (SSSR count). The summed E-state index contributed by atoms with van der Waals surface area (Å²) >= 11 is 0. The molecule has 0 aliphatic heterocycles. The Morgan fingerprint density at radius 1 is 1.55 bits per heavy atom. The second kappa shape index (κ2) is 5.92. The number of aromatic nitrogens is 2. The molecule has 2 N–H and O–H groups in total. The van der Waals surface area contributed by atoms with Gasteiger partial charge in [0, 0.05) is 17.8 Å². The fourth-order valence-corrected chi connectivity index (χ4v) is 4.29. The van der Waals surface area contributed by atoms with Gasteiger partial charge in [-0.25, -0.2) is 13.1 Å². The van der Waals surface area contributed by atoms with Crippen molar-refractivity contribution >= 4 is 16.0 Å². The summed E-state index contributed by atoms with van der Waals surface area (Å²) in [6.45, 7) is 2.00. The standard InChI is InChI=1S/C12H19N3O4S/c1-8-9(6-13-15-8)7-14-20(17,18)11-5-3-4-10(11)12(16)19-2/h6,10-11,14H,3-5,7H2,1-2H3,(H,13,15). The van der Waals surface area contributed by atoms with Crippen LogP contribution in [0.2, 0.25) is 0 Å². The lowest BCUT2D eigenvalue weighted by Gasteiger charge is -2.18. The molecule has 7 nitrogen and oxygen atoms in total. The summed E-state index contributed by atoms with van der Waals surface area (Å²) in [5, 5.41) is 5.89. The van der Waals surface area contributed by atoms with Gasteiger partial charge in [-0.1, -0.05) is 6.42 Å². The quantitative estimate of drug-likeness (QED) is 0.770. The first-order valence-corrected chi connectivity index (χ1v) is 8.05. The first-order valence-electron chi connectivity index (χ1n) is 6.51. The van der Waals surface area contributed by atoms with Crippen LogP contribution in [0.1, 0.15) is 30.5 Å². The third-order valence-corrected chi connectivity index (χ3v) is 5.66. The molecular formula is C12H19N3O4S. The van der Waals surface area contributed by atoms with E-state index in [1.165, 1.54) is 7.11 Å². The van der Waals surface area contributed by atoms with Gasteiger partial charge in [-0.15, -0.1) is 0 Å². The number of ether oxygens (including phenoxy) is 1. The van der Waals surface area contributed by atoms with E-state index in [1.807, 2.05) is 6.92 Å². The molecule has 0 aromatic carbocycles. The predicted molar refractivity (Wildman–Crippen MR) is 72.2 cm³/mol. The molecule has 2 unspecified atom stereocenters. The van der Waals surface area contributed by atoms with Crippen LogP contribution < -0.4 is 4.72 Å². The number of esters is 1. The first kappa shape index (κ1) is 15.0. The SMILES string of the molecule is COC(=O)C1CCCC1S(=O)(=O)NCc1cn[nH]c1C. The molecule has 1 aromatic rings. The van der Waals surface area contributed by atoms with Crippen molar-refractivity contribution in [3.8, 4) is 0 Å². The highest BCUT2D eigenvalue weighted by atomic mass is 32.2. The maximum absolute atomic E-state index is 12.3. The number of rotatable bonds is 5. The molecular weight excluding hydrogens is 282 g/mol. The van der Waals surface area contributed by atoms with Crippen LogP contribution in [0.25, 0.3) is 0 Å². The Bertz CT molecular complexity index is 581. The Morgan fingerprint density at radius 3 is 2.90 bits per heavy atom. The molecule has 0 radical (unpaired) electrons. The van der Waals surface area contributed by atoms with Crippen LogP contribution in [0.5, 0.6) is 0 Å². The Hall–Kier alpha value is -1.41. The summed E-state index contributed by atoms with van der Waals surface area (Å²) in [5.41, 5.74) is 1.62. The molecule has 1 fully saturated rings. The number of hydrogen-bond acceptors (Lipinski definition) is 5. The minimum atomic E-state index is -3.55. The normalized spacial score (nSPS) is 22.9. The highest BCUT2D eigenvalue weighted by Crippen LogP contribution is 2.31. The maximum Gasteiger partial charge on any atom is 0.310 e. The van der Waals surface area contributed by atoms with Crippen LogP contribution in [0.3, 0.4) is 0 Å². The second-order valence-corrected chi connectivity index (χ2v) is 6.97. The van der Waals surface area contributed by atoms with Gasteiger partial charge < -0.3 is 4.74 Å². The van der Waals surface area contributed by atoms with Crippen LogP contribution in [-0.2, 0) is 26.1 Å².